The highest BCUT2D eigenvalue weighted by Crippen LogP contribution is 2.51. The third-order valence-corrected chi connectivity index (χ3v) is 19.7. The number of halogens is 1. The summed E-state index contributed by atoms with van der Waals surface area (Å²) >= 11 is 3.30. The fourth-order valence-electron chi connectivity index (χ4n) is 3.73. The van der Waals surface area contributed by atoms with Gasteiger partial charge in [0.05, 0.1) is 19.9 Å². The third kappa shape index (κ3) is 4.95. The Kier molecular flexibility index (Phi) is 7.73. The van der Waals surface area contributed by atoms with Crippen LogP contribution in [0.4, 0.5) is 0 Å². The molecule has 1 aliphatic rings. The summed E-state index contributed by atoms with van der Waals surface area (Å²) in [6.07, 6.45) is 0.574. The molecule has 32 heavy (non-hydrogen) atoms. The third-order valence-electron chi connectivity index (χ3n) is 8.19. The Morgan fingerprint density at radius 3 is 2.22 bits per heavy atom. The highest BCUT2D eigenvalue weighted by atomic mass is 79.9. The molecule has 10 heteroatoms. The normalized spacial score (nSPS) is 25.4. The Bertz CT molecular complexity index is 945. The minimum atomic E-state index is -2.36. The van der Waals surface area contributed by atoms with E-state index in [2.05, 4.69) is 88.6 Å². The molecule has 3 atom stereocenters. The Labute approximate surface area is 202 Å². The second-order valence-corrected chi connectivity index (χ2v) is 23.1. The van der Waals surface area contributed by atoms with Crippen LogP contribution in [0, 0.1) is 0 Å². The molecule has 0 aromatic carbocycles. The van der Waals surface area contributed by atoms with Crippen LogP contribution in [0.5, 0.6) is 0 Å². The van der Waals surface area contributed by atoms with Crippen molar-refractivity contribution in [2.24, 2.45) is 0 Å². The largest absolute Gasteiger partial charge is 0.414 e. The van der Waals surface area contributed by atoms with E-state index in [-0.39, 0.29) is 23.1 Å². The summed E-state index contributed by atoms with van der Waals surface area (Å²) in [6.45, 7) is 22.0. The fourth-order valence-corrected chi connectivity index (χ4v) is 8.07. The number of nitrogens with one attached hydrogen (secondary N) is 1. The Balaban J connectivity index is 2.51. The SMILES string of the molecule is CC(C)(C)[Si](C)(C)OC[C@H]1O[C@@H](n2cc(CBr)c(=O)[nH]c2=O)C[C@@]1(O)[Si](C)(C)C(C)(C)C. The second-order valence-electron chi connectivity index (χ2n) is 12.1. The van der Waals surface area contributed by atoms with Crippen molar-refractivity contribution in [3.63, 3.8) is 0 Å². The highest BCUT2D eigenvalue weighted by molar-refractivity contribution is 9.08. The maximum atomic E-state index is 12.6. The van der Waals surface area contributed by atoms with Crippen molar-refractivity contribution < 1.29 is 14.3 Å². The van der Waals surface area contributed by atoms with Crippen molar-refractivity contribution >= 4 is 32.3 Å². The van der Waals surface area contributed by atoms with Crippen molar-refractivity contribution in [1.29, 1.82) is 0 Å². The van der Waals surface area contributed by atoms with Gasteiger partial charge in [-0.05, 0) is 23.2 Å². The zero-order valence-corrected chi connectivity index (χ0v) is 24.8. The molecule has 0 radical (unpaired) electrons. The Hall–Kier alpha value is -0.526. The number of aliphatic hydroxyl groups is 1. The van der Waals surface area contributed by atoms with Crippen LogP contribution in [0.2, 0.25) is 36.3 Å². The van der Waals surface area contributed by atoms with Crippen LogP contribution in [-0.4, -0.2) is 49.0 Å². The van der Waals surface area contributed by atoms with Gasteiger partial charge >= 0.3 is 5.69 Å². The molecule has 1 aromatic heterocycles. The molecule has 1 aliphatic heterocycles. The van der Waals surface area contributed by atoms with Crippen LogP contribution >= 0.6 is 15.9 Å². The van der Waals surface area contributed by atoms with E-state index in [9.17, 15) is 14.7 Å². The van der Waals surface area contributed by atoms with Gasteiger partial charge in [0, 0.05) is 23.5 Å². The summed E-state index contributed by atoms with van der Waals surface area (Å²) < 4.78 is 14.3. The number of hydrogen-bond donors (Lipinski definition) is 2. The van der Waals surface area contributed by atoms with E-state index in [1.165, 1.54) is 10.8 Å². The van der Waals surface area contributed by atoms with Crippen LogP contribution in [0.1, 0.15) is 59.8 Å². The maximum Gasteiger partial charge on any atom is 0.330 e. The molecule has 184 valence electrons. The van der Waals surface area contributed by atoms with Crippen LogP contribution in [0.3, 0.4) is 0 Å². The molecule has 2 rings (SSSR count). The van der Waals surface area contributed by atoms with Gasteiger partial charge in [0.25, 0.3) is 5.56 Å². The molecule has 0 unspecified atom stereocenters. The summed E-state index contributed by atoms with van der Waals surface area (Å²) in [6, 6.07) is 0. The smallest absolute Gasteiger partial charge is 0.330 e. The average Bonchev–Trinajstić information content (AvgIpc) is 2.96. The minimum absolute atomic E-state index is 0.0285. The molecule has 1 saturated heterocycles. The van der Waals surface area contributed by atoms with Crippen LogP contribution in [0.25, 0.3) is 0 Å². The molecule has 0 spiro atoms. The lowest BCUT2D eigenvalue weighted by Crippen LogP contribution is -2.65. The Morgan fingerprint density at radius 1 is 1.19 bits per heavy atom. The van der Waals surface area contributed by atoms with Crippen LogP contribution in [0.15, 0.2) is 15.8 Å². The van der Waals surface area contributed by atoms with Crippen molar-refractivity contribution in [3.8, 4) is 0 Å². The standard InChI is InChI=1S/C22H41BrN2O5Si2/c1-20(2,3)31(7,8)22(28)11-17(25-13-15(12-23)18(26)24-19(25)27)30-16(22)14-29-32(9,10)21(4,5)6/h13,16-17,28H,11-12,14H2,1-10H3,(H,24,26,27)/t16-,17-,22-/m1/s1. The van der Waals surface area contributed by atoms with Gasteiger partial charge in [-0.3, -0.25) is 14.3 Å². The first-order valence-corrected chi connectivity index (χ1v) is 18.2. The number of hydrogen-bond acceptors (Lipinski definition) is 5. The summed E-state index contributed by atoms with van der Waals surface area (Å²) in [7, 11) is -4.43. The monoisotopic (exact) mass is 548 g/mol. The lowest BCUT2D eigenvalue weighted by Gasteiger charge is -2.49. The molecule has 2 N–H and O–H groups in total. The molecule has 0 aliphatic carbocycles. The molecule has 1 aromatic rings. The lowest BCUT2D eigenvalue weighted by atomic mass is 10.1. The van der Waals surface area contributed by atoms with E-state index in [0.717, 1.165) is 0 Å². The van der Waals surface area contributed by atoms with Gasteiger partial charge < -0.3 is 14.3 Å². The van der Waals surface area contributed by atoms with Crippen molar-refractivity contribution in [3.05, 3.63) is 32.6 Å². The first-order chi connectivity index (χ1) is 14.3. The molecular formula is C22H41BrN2O5Si2. The Morgan fingerprint density at radius 2 is 1.75 bits per heavy atom. The van der Waals surface area contributed by atoms with Gasteiger partial charge in [-0.1, -0.05) is 70.6 Å². The first kappa shape index (κ1) is 27.7. The van der Waals surface area contributed by atoms with Gasteiger partial charge in [-0.15, -0.1) is 0 Å². The molecule has 1 fully saturated rings. The summed E-state index contributed by atoms with van der Waals surface area (Å²) in [5, 5.41) is 11.3. The van der Waals surface area contributed by atoms with Crippen molar-refractivity contribution in [2.45, 2.75) is 107 Å². The van der Waals surface area contributed by atoms with E-state index < -0.39 is 45.2 Å². The molecule has 0 bridgehead atoms. The quantitative estimate of drug-likeness (QED) is 0.402. The second kappa shape index (κ2) is 8.92. The highest BCUT2D eigenvalue weighted by Gasteiger charge is 2.62. The average molecular weight is 550 g/mol. The van der Waals surface area contributed by atoms with E-state index in [0.29, 0.717) is 10.9 Å². The predicted molar refractivity (Wildman–Crippen MR) is 138 cm³/mol. The number of rotatable bonds is 6. The maximum absolute atomic E-state index is 12.6. The van der Waals surface area contributed by atoms with Crippen molar-refractivity contribution in [2.75, 3.05) is 6.61 Å². The van der Waals surface area contributed by atoms with Gasteiger partial charge in [-0.25, -0.2) is 4.79 Å². The summed E-state index contributed by atoms with van der Waals surface area (Å²) in [5.41, 5.74) is -0.517. The summed E-state index contributed by atoms with van der Waals surface area (Å²) in [5.74, 6) is 0. The zero-order chi connectivity index (χ0) is 24.9. The number of alkyl halides is 1. The van der Waals surface area contributed by atoms with Crippen LogP contribution in [-0.2, 0) is 14.5 Å². The zero-order valence-electron chi connectivity index (χ0n) is 21.3. The van der Waals surface area contributed by atoms with Gasteiger partial charge in [0.15, 0.2) is 8.32 Å². The number of nitrogens with zero attached hydrogens (tertiary/aromatic N) is 1. The van der Waals surface area contributed by atoms with Gasteiger partial charge in [-0.2, -0.15) is 0 Å². The molecular weight excluding hydrogens is 508 g/mol. The number of aromatic amines is 1. The lowest BCUT2D eigenvalue weighted by molar-refractivity contribution is -0.0570. The fraction of sp³-hybridized carbons (Fsp3) is 0.818. The number of aromatic nitrogens is 2. The van der Waals surface area contributed by atoms with E-state index in [1.807, 2.05) is 0 Å². The predicted octanol–water partition coefficient (Wildman–Crippen LogP) is 4.52. The minimum Gasteiger partial charge on any atom is -0.414 e. The summed E-state index contributed by atoms with van der Waals surface area (Å²) in [4.78, 5) is 27.0. The molecule has 2 heterocycles. The van der Waals surface area contributed by atoms with E-state index in [1.54, 1.807) is 0 Å². The van der Waals surface area contributed by atoms with E-state index >= 15 is 0 Å². The number of H-pyrrole nitrogens is 1. The molecule has 0 saturated carbocycles. The van der Waals surface area contributed by atoms with Crippen molar-refractivity contribution in [1.82, 2.24) is 9.55 Å². The number of ether oxygens (including phenoxy) is 1. The van der Waals surface area contributed by atoms with E-state index in [4.69, 9.17) is 9.16 Å². The van der Waals surface area contributed by atoms with Crippen LogP contribution < -0.4 is 11.2 Å². The topological polar surface area (TPSA) is 93.5 Å². The first-order valence-electron chi connectivity index (χ1n) is 11.2. The van der Waals surface area contributed by atoms with Gasteiger partial charge in [0.2, 0.25) is 0 Å². The van der Waals surface area contributed by atoms with Gasteiger partial charge in [0.1, 0.15) is 12.3 Å². The molecule has 7 nitrogen and oxygen atoms in total. The molecule has 0 amide bonds.